The molecule has 0 saturated carbocycles. The SMILES string of the molecule is Cc1ccnc(S(=O)(=O)NC(=O)Nc2c(C(C)C)cc(F)cc2C(C)C)n1. The molecule has 0 radical (unpaired) electrons. The molecule has 0 atom stereocenters. The highest BCUT2D eigenvalue weighted by atomic mass is 32.2. The second kappa shape index (κ2) is 7.99. The van der Waals surface area contributed by atoms with Crippen LogP contribution in [-0.2, 0) is 10.0 Å². The molecule has 7 nitrogen and oxygen atoms in total. The number of benzene rings is 1. The molecule has 27 heavy (non-hydrogen) atoms. The van der Waals surface area contributed by atoms with Gasteiger partial charge < -0.3 is 5.32 Å². The van der Waals surface area contributed by atoms with Crippen molar-refractivity contribution in [2.75, 3.05) is 5.32 Å². The van der Waals surface area contributed by atoms with Crippen LogP contribution in [0.2, 0.25) is 0 Å². The van der Waals surface area contributed by atoms with Crippen molar-refractivity contribution in [3.63, 3.8) is 0 Å². The Morgan fingerprint density at radius 1 is 1.11 bits per heavy atom. The fourth-order valence-electron chi connectivity index (χ4n) is 2.57. The fourth-order valence-corrected chi connectivity index (χ4v) is 3.42. The number of hydrogen-bond donors (Lipinski definition) is 2. The zero-order chi connectivity index (χ0) is 20.4. The third-order valence-electron chi connectivity index (χ3n) is 3.89. The summed E-state index contributed by atoms with van der Waals surface area (Å²) in [6.07, 6.45) is 1.29. The van der Waals surface area contributed by atoms with E-state index in [2.05, 4.69) is 15.3 Å². The first-order valence-electron chi connectivity index (χ1n) is 8.48. The molecule has 1 aromatic heterocycles. The number of halogens is 1. The van der Waals surface area contributed by atoms with Crippen molar-refractivity contribution in [3.05, 3.63) is 47.0 Å². The van der Waals surface area contributed by atoms with Crippen LogP contribution in [0.25, 0.3) is 0 Å². The number of sulfonamides is 1. The number of nitrogens with zero attached hydrogens (tertiary/aromatic N) is 2. The second-order valence-electron chi connectivity index (χ2n) is 6.81. The Balaban J connectivity index is 2.35. The third kappa shape index (κ3) is 5.00. The van der Waals surface area contributed by atoms with E-state index in [1.54, 1.807) is 13.0 Å². The van der Waals surface area contributed by atoms with E-state index in [-0.39, 0.29) is 11.8 Å². The van der Waals surface area contributed by atoms with Crippen LogP contribution in [0, 0.1) is 12.7 Å². The van der Waals surface area contributed by atoms with Gasteiger partial charge in [-0.3, -0.25) is 0 Å². The van der Waals surface area contributed by atoms with E-state index in [1.165, 1.54) is 18.3 Å². The maximum atomic E-state index is 14.0. The molecule has 0 bridgehead atoms. The van der Waals surface area contributed by atoms with Crippen molar-refractivity contribution in [2.24, 2.45) is 0 Å². The molecule has 0 spiro atoms. The van der Waals surface area contributed by atoms with Crippen LogP contribution in [0.3, 0.4) is 0 Å². The third-order valence-corrected chi connectivity index (χ3v) is 5.02. The monoisotopic (exact) mass is 394 g/mol. The van der Waals surface area contributed by atoms with Crippen molar-refractivity contribution >= 4 is 21.7 Å². The predicted molar refractivity (Wildman–Crippen MR) is 101 cm³/mol. The van der Waals surface area contributed by atoms with Crippen LogP contribution < -0.4 is 10.0 Å². The van der Waals surface area contributed by atoms with Crippen LogP contribution >= 0.6 is 0 Å². The normalized spacial score (nSPS) is 11.7. The van der Waals surface area contributed by atoms with Gasteiger partial charge in [-0.1, -0.05) is 27.7 Å². The van der Waals surface area contributed by atoms with E-state index in [0.717, 1.165) is 0 Å². The predicted octanol–water partition coefficient (Wildman–Crippen LogP) is 3.68. The van der Waals surface area contributed by atoms with Crippen LogP contribution in [0.4, 0.5) is 14.9 Å². The number of anilines is 1. The van der Waals surface area contributed by atoms with E-state index in [1.807, 2.05) is 32.4 Å². The largest absolute Gasteiger partial charge is 0.333 e. The van der Waals surface area contributed by atoms with Gasteiger partial charge in [0.05, 0.1) is 0 Å². The van der Waals surface area contributed by atoms with Gasteiger partial charge in [0.2, 0.25) is 0 Å². The Bertz CT molecular complexity index is 930. The summed E-state index contributed by atoms with van der Waals surface area (Å²) in [6, 6.07) is 3.26. The lowest BCUT2D eigenvalue weighted by Gasteiger charge is -2.20. The van der Waals surface area contributed by atoms with Crippen molar-refractivity contribution in [1.82, 2.24) is 14.7 Å². The maximum Gasteiger partial charge on any atom is 0.333 e. The molecule has 0 aliphatic rings. The molecular formula is C18H23FN4O3S. The summed E-state index contributed by atoms with van der Waals surface area (Å²) < 4.78 is 40.5. The molecule has 2 amide bonds. The van der Waals surface area contributed by atoms with Crippen LogP contribution in [0.15, 0.2) is 29.6 Å². The van der Waals surface area contributed by atoms with Gasteiger partial charge in [-0.15, -0.1) is 0 Å². The molecule has 2 aromatic rings. The van der Waals surface area contributed by atoms with Gasteiger partial charge in [0.15, 0.2) is 0 Å². The van der Waals surface area contributed by atoms with Gasteiger partial charge in [0.25, 0.3) is 5.16 Å². The highest BCUT2D eigenvalue weighted by molar-refractivity contribution is 7.89. The van der Waals surface area contributed by atoms with Gasteiger partial charge in [-0.05, 0) is 48.1 Å². The Morgan fingerprint density at radius 2 is 1.67 bits per heavy atom. The van der Waals surface area contributed by atoms with Gasteiger partial charge in [0, 0.05) is 17.6 Å². The number of rotatable bonds is 5. The van der Waals surface area contributed by atoms with Gasteiger partial charge in [-0.2, -0.15) is 8.42 Å². The topological polar surface area (TPSA) is 101 Å². The highest BCUT2D eigenvalue weighted by Gasteiger charge is 2.23. The minimum atomic E-state index is -4.23. The number of amides is 2. The average Bonchev–Trinajstić information content (AvgIpc) is 2.55. The first kappa shape index (κ1) is 20.8. The minimum Gasteiger partial charge on any atom is -0.307 e. The molecule has 2 rings (SSSR count). The zero-order valence-corrected chi connectivity index (χ0v) is 16.7. The van der Waals surface area contributed by atoms with Crippen LogP contribution in [-0.4, -0.2) is 24.4 Å². The Labute approximate surface area is 158 Å². The molecular weight excluding hydrogens is 371 g/mol. The number of hydrogen-bond acceptors (Lipinski definition) is 5. The lowest BCUT2D eigenvalue weighted by atomic mass is 9.92. The van der Waals surface area contributed by atoms with Crippen molar-refractivity contribution < 1.29 is 17.6 Å². The van der Waals surface area contributed by atoms with E-state index in [0.29, 0.717) is 22.5 Å². The first-order chi connectivity index (χ1) is 12.5. The summed E-state index contributed by atoms with van der Waals surface area (Å²) in [5.41, 5.74) is 2.02. The van der Waals surface area contributed by atoms with Crippen LogP contribution in [0.5, 0.6) is 0 Å². The molecule has 0 aliphatic heterocycles. The summed E-state index contributed by atoms with van der Waals surface area (Å²) in [6.45, 7) is 9.06. The molecule has 1 aromatic carbocycles. The number of urea groups is 1. The van der Waals surface area contributed by atoms with Crippen molar-refractivity contribution in [1.29, 1.82) is 0 Å². The number of carbonyl (C=O) groups is 1. The summed E-state index contributed by atoms with van der Waals surface area (Å²) >= 11 is 0. The molecule has 0 unspecified atom stereocenters. The molecule has 1 heterocycles. The lowest BCUT2D eigenvalue weighted by molar-refractivity contribution is 0.256. The van der Waals surface area contributed by atoms with E-state index < -0.39 is 27.0 Å². The smallest absolute Gasteiger partial charge is 0.307 e. The van der Waals surface area contributed by atoms with Crippen molar-refractivity contribution in [2.45, 2.75) is 51.6 Å². The standard InChI is InChI=1S/C18H23FN4O3S/c1-10(2)14-8-13(19)9-15(11(3)4)16(14)22-17(24)23-27(25,26)18-20-7-6-12(5)21-18/h6-11H,1-5H3,(H2,22,23,24). The highest BCUT2D eigenvalue weighted by Crippen LogP contribution is 2.33. The fraction of sp³-hybridized carbons (Fsp3) is 0.389. The number of aryl methyl sites for hydroxylation is 1. The molecule has 9 heteroatoms. The molecule has 0 fully saturated rings. The average molecular weight is 394 g/mol. The quantitative estimate of drug-likeness (QED) is 0.754. The summed E-state index contributed by atoms with van der Waals surface area (Å²) in [7, 11) is -4.23. The second-order valence-corrected chi connectivity index (χ2v) is 8.39. The molecule has 2 N–H and O–H groups in total. The summed E-state index contributed by atoms with van der Waals surface area (Å²) in [5, 5.41) is 2.06. The van der Waals surface area contributed by atoms with Crippen LogP contribution in [0.1, 0.15) is 56.4 Å². The van der Waals surface area contributed by atoms with Crippen molar-refractivity contribution in [3.8, 4) is 0 Å². The van der Waals surface area contributed by atoms with Gasteiger partial charge in [-0.25, -0.2) is 23.9 Å². The Morgan fingerprint density at radius 3 is 2.15 bits per heavy atom. The van der Waals surface area contributed by atoms with Gasteiger partial charge in [0.1, 0.15) is 5.82 Å². The minimum absolute atomic E-state index is 0.0785. The number of carbonyl (C=O) groups excluding carboxylic acids is 1. The number of aromatic nitrogens is 2. The van der Waals surface area contributed by atoms with Gasteiger partial charge >= 0.3 is 16.1 Å². The Kier molecular flexibility index (Phi) is 6.15. The molecule has 146 valence electrons. The van der Waals surface area contributed by atoms with E-state index in [4.69, 9.17) is 0 Å². The lowest BCUT2D eigenvalue weighted by Crippen LogP contribution is -2.36. The summed E-state index contributed by atoms with van der Waals surface area (Å²) in [4.78, 5) is 19.9. The summed E-state index contributed by atoms with van der Waals surface area (Å²) in [5.74, 6) is -0.565. The Hall–Kier alpha value is -2.55. The van der Waals surface area contributed by atoms with E-state index >= 15 is 0 Å². The first-order valence-corrected chi connectivity index (χ1v) is 9.96. The van der Waals surface area contributed by atoms with E-state index in [9.17, 15) is 17.6 Å². The zero-order valence-electron chi connectivity index (χ0n) is 15.9. The molecule has 0 saturated heterocycles. The maximum absolute atomic E-state index is 14.0. The molecule has 0 aliphatic carbocycles. The number of nitrogens with one attached hydrogen (secondary N) is 2.